The van der Waals surface area contributed by atoms with Crippen molar-refractivity contribution in [2.75, 3.05) is 26.4 Å². The van der Waals surface area contributed by atoms with Gasteiger partial charge in [-0.05, 0) is 65.2 Å². The van der Waals surface area contributed by atoms with E-state index in [1.54, 1.807) is 13.8 Å². The summed E-state index contributed by atoms with van der Waals surface area (Å²) in [5, 5.41) is 167. The summed E-state index contributed by atoms with van der Waals surface area (Å²) in [7, 11) is 0. The van der Waals surface area contributed by atoms with Crippen molar-refractivity contribution in [2.24, 2.45) is 0 Å². The van der Waals surface area contributed by atoms with E-state index in [4.69, 9.17) is 47.4 Å². The first-order valence-corrected chi connectivity index (χ1v) is 38.3. The second-order valence-electron chi connectivity index (χ2n) is 29.1. The van der Waals surface area contributed by atoms with Crippen LogP contribution in [0.2, 0.25) is 0 Å². The van der Waals surface area contributed by atoms with Gasteiger partial charge in [-0.15, -0.1) is 0 Å². The van der Waals surface area contributed by atoms with Crippen LogP contribution in [-0.4, -0.2) is 280 Å². The van der Waals surface area contributed by atoms with Gasteiger partial charge in [0.05, 0.1) is 62.7 Å². The van der Waals surface area contributed by atoms with Gasteiger partial charge in [-0.2, -0.15) is 0 Å². The standard InChI is InChI=1S/C72H132O28/c1-45(75)31-23-16-15-21-27-35-47(93-69-65(87)61(83)57(79)51(41-73)97-69)33-25-18-12-9-6-10-14-20-29-38-50-40-56(78)92-44-53-59(81)63(85)67(89)71(99-53)95-49(39-55(77)91-43-54-60(82)64(86)68(90)72(96-50)100-54)37-28-19-13-8-5-3-4-7-11-17-26-34-48(36-30-22-24-32-46(2)76)94-70-66(88)62(84)58(80)52(42-74)98-70/h45-54,57-76,79-90H,3-44H2,1-2H3/t45-,46-,47-,48+,49-,50+,51+,52+,53-,54+,57+,58+,59-,60+,61-,62-,63+,64-,65+,66+,67-,68+,69+,70+,71-,72+/m0/s1. The molecule has 0 saturated carbocycles. The van der Waals surface area contributed by atoms with E-state index in [0.717, 1.165) is 173 Å². The molecule has 0 aromatic rings. The van der Waals surface area contributed by atoms with Gasteiger partial charge in [0, 0.05) is 0 Å². The molecular formula is C72H132O28. The summed E-state index contributed by atoms with van der Waals surface area (Å²) in [5.41, 5.74) is 0. The fraction of sp³-hybridized carbons (Fsp3) is 0.972. The number of unbranched alkanes of at least 4 members (excludes halogenated alkanes) is 24. The predicted octanol–water partition coefficient (Wildman–Crippen LogP) is 3.43. The number of ether oxygens (including phenoxy) is 10. The van der Waals surface area contributed by atoms with Crippen molar-refractivity contribution in [1.82, 2.24) is 0 Å². The van der Waals surface area contributed by atoms with Crippen molar-refractivity contribution in [3.8, 4) is 0 Å². The highest BCUT2D eigenvalue weighted by molar-refractivity contribution is 5.70. The van der Waals surface area contributed by atoms with Crippen LogP contribution in [0.1, 0.15) is 258 Å². The predicted molar refractivity (Wildman–Crippen MR) is 361 cm³/mol. The first kappa shape index (κ1) is 88.6. The Hall–Kier alpha value is -2.02. The Morgan fingerprint density at radius 3 is 0.900 bits per heavy atom. The van der Waals surface area contributed by atoms with Crippen LogP contribution in [0, 0.1) is 0 Å². The van der Waals surface area contributed by atoms with Crippen LogP contribution in [0.4, 0.5) is 0 Å². The number of aliphatic hydroxyl groups is 16. The second-order valence-corrected chi connectivity index (χ2v) is 29.1. The number of esters is 2. The van der Waals surface area contributed by atoms with Crippen LogP contribution in [0.5, 0.6) is 0 Å². The summed E-state index contributed by atoms with van der Waals surface area (Å²) in [6.45, 7) is 1.36. The number of cyclic esters (lactones) is 2. The first-order chi connectivity index (χ1) is 48.0. The molecule has 5 saturated heterocycles. The highest BCUT2D eigenvalue weighted by Crippen LogP contribution is 2.32. The largest absolute Gasteiger partial charge is 0.463 e. The maximum absolute atomic E-state index is 13.6. The van der Waals surface area contributed by atoms with E-state index in [2.05, 4.69) is 0 Å². The van der Waals surface area contributed by atoms with E-state index in [9.17, 15) is 91.3 Å². The summed E-state index contributed by atoms with van der Waals surface area (Å²) in [6, 6.07) is 0. The van der Waals surface area contributed by atoms with Gasteiger partial charge in [-0.25, -0.2) is 0 Å². The van der Waals surface area contributed by atoms with Crippen molar-refractivity contribution >= 4 is 11.9 Å². The van der Waals surface area contributed by atoms with Gasteiger partial charge in [0.1, 0.15) is 111 Å². The lowest BCUT2D eigenvalue weighted by molar-refractivity contribution is -0.316. The third-order valence-corrected chi connectivity index (χ3v) is 20.3. The number of rotatable bonds is 46. The monoisotopic (exact) mass is 1440 g/mol. The molecule has 5 aliphatic rings. The lowest BCUT2D eigenvalue weighted by Gasteiger charge is -2.42. The molecular weight excluding hydrogens is 1310 g/mol. The Bertz CT molecular complexity index is 2100. The number of hydrogen-bond donors (Lipinski definition) is 16. The lowest BCUT2D eigenvalue weighted by Crippen LogP contribution is -2.60. The fourth-order valence-corrected chi connectivity index (χ4v) is 13.9. The van der Waals surface area contributed by atoms with Crippen LogP contribution in [0.15, 0.2) is 0 Å². The Morgan fingerprint density at radius 2 is 0.600 bits per heavy atom. The summed E-state index contributed by atoms with van der Waals surface area (Å²) < 4.78 is 59.0. The zero-order valence-corrected chi connectivity index (χ0v) is 59.8. The molecule has 5 aliphatic heterocycles. The van der Waals surface area contributed by atoms with Crippen LogP contribution >= 0.6 is 0 Å². The molecule has 28 heteroatoms. The van der Waals surface area contributed by atoms with E-state index in [-0.39, 0.29) is 37.3 Å². The Balaban J connectivity index is 1.03. The molecule has 5 fully saturated rings. The number of hydrogen-bond acceptors (Lipinski definition) is 28. The molecule has 0 amide bonds. The van der Waals surface area contributed by atoms with E-state index < -0.39 is 173 Å². The molecule has 0 spiro atoms. The Morgan fingerprint density at radius 1 is 0.330 bits per heavy atom. The summed E-state index contributed by atoms with van der Waals surface area (Å²) in [5.74, 6) is -1.56. The fourth-order valence-electron chi connectivity index (χ4n) is 13.9. The van der Waals surface area contributed by atoms with Crippen molar-refractivity contribution in [3.63, 3.8) is 0 Å². The van der Waals surface area contributed by atoms with Crippen molar-refractivity contribution < 1.29 is 139 Å². The third kappa shape index (κ3) is 32.2. The molecule has 100 heavy (non-hydrogen) atoms. The zero-order valence-electron chi connectivity index (χ0n) is 59.8. The number of fused-ring (bicyclic) bond motifs is 4. The SMILES string of the molecule is C[C@H](O)CCCCCCC[C@H](CCCCCCCCCCC[C@@H]1CC(=O)OC[C@@H]2O[C@H](O[C@@H](CCCCCCCCCCCCC[C@H](CCCCC[C@H](C)O)O[C@@H]3O[C@H](CO)[C@@H](O)[C@H](O)[C@H]3O)CC(=O)OC[C@H]3O[C@@H](O1)[C@H](O)[C@@H](O)[C@@H]3O)[C@@H](O)[C@H](O)[C@H]2O)O[C@@H]1O[C@H](CO)[C@@H](O)[C@H](O)[C@H]1O. The summed E-state index contributed by atoms with van der Waals surface area (Å²) >= 11 is 0. The molecule has 5 heterocycles. The first-order valence-electron chi connectivity index (χ1n) is 38.3. The van der Waals surface area contributed by atoms with Crippen LogP contribution in [0.25, 0.3) is 0 Å². The van der Waals surface area contributed by atoms with Crippen molar-refractivity contribution in [2.45, 2.75) is 417 Å². The molecule has 5 rings (SSSR count). The average molecular weight is 1450 g/mol. The minimum atomic E-state index is -1.77. The minimum Gasteiger partial charge on any atom is -0.463 e. The smallest absolute Gasteiger partial charge is 0.308 e. The van der Waals surface area contributed by atoms with Crippen LogP contribution < -0.4 is 0 Å². The van der Waals surface area contributed by atoms with Gasteiger partial charge in [0.2, 0.25) is 0 Å². The van der Waals surface area contributed by atoms with E-state index in [1.165, 1.54) is 0 Å². The van der Waals surface area contributed by atoms with E-state index in [1.807, 2.05) is 0 Å². The molecule has 26 atom stereocenters. The molecule has 0 radical (unpaired) electrons. The van der Waals surface area contributed by atoms with Crippen LogP contribution in [-0.2, 0) is 57.0 Å². The zero-order chi connectivity index (χ0) is 72.9. The number of carbonyl (C=O) groups is 2. The van der Waals surface area contributed by atoms with Gasteiger partial charge < -0.3 is 129 Å². The molecule has 588 valence electrons. The normalized spacial score (nSPS) is 34.7. The van der Waals surface area contributed by atoms with Crippen LogP contribution in [0.3, 0.4) is 0 Å². The Labute approximate surface area is 592 Å². The van der Waals surface area contributed by atoms with Gasteiger partial charge >= 0.3 is 11.9 Å². The average Bonchev–Trinajstić information content (AvgIpc) is 0.835. The second kappa shape index (κ2) is 49.8. The van der Waals surface area contributed by atoms with Gasteiger partial charge in [0.25, 0.3) is 0 Å². The van der Waals surface area contributed by atoms with Gasteiger partial charge in [-0.3, -0.25) is 9.59 Å². The molecule has 0 aromatic heterocycles. The number of aliphatic hydroxyl groups excluding tert-OH is 16. The molecule has 0 aromatic carbocycles. The lowest BCUT2D eigenvalue weighted by atomic mass is 9.98. The maximum Gasteiger partial charge on any atom is 0.308 e. The molecule has 28 nitrogen and oxygen atoms in total. The van der Waals surface area contributed by atoms with E-state index >= 15 is 0 Å². The van der Waals surface area contributed by atoms with E-state index in [0.29, 0.717) is 57.8 Å². The Kier molecular flexibility index (Phi) is 44.1. The number of carbonyl (C=O) groups excluding carboxylic acids is 2. The van der Waals surface area contributed by atoms with Crippen molar-refractivity contribution in [1.29, 1.82) is 0 Å². The molecule has 0 unspecified atom stereocenters. The highest BCUT2D eigenvalue weighted by Gasteiger charge is 2.49. The topological polar surface area (TPSA) is 450 Å². The third-order valence-electron chi connectivity index (χ3n) is 20.3. The molecule has 4 bridgehead atoms. The highest BCUT2D eigenvalue weighted by atomic mass is 16.7. The molecule has 0 aliphatic carbocycles. The summed E-state index contributed by atoms with van der Waals surface area (Å²) in [6.07, 6.45) is -2.97. The minimum absolute atomic E-state index is 0.265. The maximum atomic E-state index is 13.6. The molecule has 16 N–H and O–H groups in total. The summed E-state index contributed by atoms with van der Waals surface area (Å²) in [4.78, 5) is 27.1. The quantitative estimate of drug-likeness (QED) is 0.0307. The van der Waals surface area contributed by atoms with Crippen molar-refractivity contribution in [3.05, 3.63) is 0 Å². The van der Waals surface area contributed by atoms with Gasteiger partial charge in [-0.1, -0.05) is 180 Å². The van der Waals surface area contributed by atoms with Gasteiger partial charge in [0.15, 0.2) is 25.2 Å².